The number of hydrogen-bond donors (Lipinski definition) is 3. The summed E-state index contributed by atoms with van der Waals surface area (Å²) in [6.45, 7) is 2.70. The van der Waals surface area contributed by atoms with Crippen molar-refractivity contribution in [2.24, 2.45) is 0 Å². The smallest absolute Gasteiger partial charge is 0.408 e. The molecule has 9 nitrogen and oxygen atoms in total. The highest BCUT2D eigenvalue weighted by atomic mass is 32.2. The van der Waals surface area contributed by atoms with Crippen LogP contribution in [0.1, 0.15) is 30.4 Å². The molecule has 0 bridgehead atoms. The lowest BCUT2D eigenvalue weighted by atomic mass is 10.1. The average molecular weight is 453 g/mol. The second-order valence-corrected chi connectivity index (χ2v) is 8.09. The van der Waals surface area contributed by atoms with Gasteiger partial charge >= 0.3 is 12.1 Å². The molecule has 0 fully saturated rings. The van der Waals surface area contributed by atoms with Crippen LogP contribution in [0.15, 0.2) is 59.5 Å². The van der Waals surface area contributed by atoms with Crippen LogP contribution in [-0.4, -0.2) is 42.7 Å². The maximum atomic E-state index is 11.6. The molecule has 0 saturated heterocycles. The molecule has 0 spiro atoms. The standard InChI is InChI=1S/C14H20N2O4.C7H8O3S/c15-9-5-4-8-12(13(17)18)16-14(19)20-10-11-6-2-1-3-7-11;1-6-2-4-7(5-3-6)11(8,9)10/h1-3,6-7,12H,4-5,8-10,15H2,(H,16,19)(H,17,18);2-5H,1H3,(H,8,9,10)/t12-;/m0./s1. The zero-order valence-electron chi connectivity index (χ0n) is 17.3. The zero-order valence-corrected chi connectivity index (χ0v) is 18.1. The Hall–Kier alpha value is -2.95. The third kappa shape index (κ3) is 11.1. The second kappa shape index (κ2) is 13.4. The highest BCUT2D eigenvalue weighted by molar-refractivity contribution is 7.85. The number of unbranched alkanes of at least 4 members (excludes halogenated alkanes) is 1. The number of nitrogens with one attached hydrogen (secondary N) is 1. The van der Waals surface area contributed by atoms with Gasteiger partial charge in [-0.1, -0.05) is 48.0 Å². The van der Waals surface area contributed by atoms with Crippen molar-refractivity contribution in [3.63, 3.8) is 0 Å². The summed E-state index contributed by atoms with van der Waals surface area (Å²) in [5, 5.41) is 11.4. The lowest BCUT2D eigenvalue weighted by molar-refractivity contribution is -0.368. The van der Waals surface area contributed by atoms with Crippen molar-refractivity contribution >= 4 is 22.2 Å². The van der Waals surface area contributed by atoms with E-state index in [1.165, 1.54) is 12.1 Å². The summed E-state index contributed by atoms with van der Waals surface area (Å²) in [6, 6.07) is 14.1. The van der Waals surface area contributed by atoms with E-state index in [2.05, 4.69) is 11.1 Å². The van der Waals surface area contributed by atoms with Crippen LogP contribution in [-0.2, 0) is 26.3 Å². The van der Waals surface area contributed by atoms with E-state index in [0.717, 1.165) is 24.1 Å². The van der Waals surface area contributed by atoms with Gasteiger partial charge in [-0.2, -0.15) is 0 Å². The first kappa shape index (κ1) is 26.1. The van der Waals surface area contributed by atoms with Crippen LogP contribution in [0.4, 0.5) is 4.79 Å². The Morgan fingerprint density at radius 3 is 2.23 bits per heavy atom. The van der Waals surface area contributed by atoms with E-state index < -0.39 is 28.2 Å². The number of aryl methyl sites for hydroxylation is 1. The van der Waals surface area contributed by atoms with Crippen molar-refractivity contribution in [1.29, 1.82) is 0 Å². The van der Waals surface area contributed by atoms with E-state index in [-0.39, 0.29) is 11.5 Å². The van der Waals surface area contributed by atoms with Gasteiger partial charge in [0.15, 0.2) is 0 Å². The lowest BCUT2D eigenvalue weighted by Crippen LogP contribution is -2.50. The molecule has 0 aliphatic rings. The second-order valence-electron chi connectivity index (χ2n) is 6.71. The fraction of sp³-hybridized carbons (Fsp3) is 0.333. The number of benzene rings is 2. The predicted octanol–water partition coefficient (Wildman–Crippen LogP) is 1.68. The number of amides is 1. The number of ether oxygens (including phenoxy) is 1. The average Bonchev–Trinajstić information content (AvgIpc) is 2.72. The Balaban J connectivity index is 0.000000367. The van der Waals surface area contributed by atoms with Crippen LogP contribution in [0.25, 0.3) is 0 Å². The minimum Gasteiger partial charge on any atom is -0.744 e. The van der Waals surface area contributed by atoms with Crippen molar-refractivity contribution in [3.05, 3.63) is 65.7 Å². The van der Waals surface area contributed by atoms with E-state index in [1.54, 1.807) is 12.1 Å². The molecule has 2 rings (SSSR count). The van der Waals surface area contributed by atoms with Crippen LogP contribution in [0.5, 0.6) is 0 Å². The molecule has 1 amide bonds. The SMILES string of the molecule is Cc1ccc(S(=O)(=O)[O-])cc1.[NH3+]CCCC[C@H](NC(=O)OCc1ccccc1)C(=O)O. The lowest BCUT2D eigenvalue weighted by Gasteiger charge is -2.14. The maximum absolute atomic E-state index is 11.6. The molecule has 2 aromatic carbocycles. The summed E-state index contributed by atoms with van der Waals surface area (Å²) in [7, 11) is -4.27. The molecule has 0 aromatic heterocycles. The molecule has 0 aliphatic heterocycles. The van der Waals surface area contributed by atoms with Gasteiger partial charge in [0.1, 0.15) is 22.8 Å². The number of aliphatic carboxylic acids is 1. The maximum Gasteiger partial charge on any atom is 0.408 e. The molecule has 0 saturated carbocycles. The summed E-state index contributed by atoms with van der Waals surface area (Å²) >= 11 is 0. The Kier molecular flexibility index (Phi) is 11.3. The van der Waals surface area contributed by atoms with Gasteiger partial charge in [0.25, 0.3) is 0 Å². The van der Waals surface area contributed by atoms with Crippen LogP contribution in [0.3, 0.4) is 0 Å². The van der Waals surface area contributed by atoms with Gasteiger partial charge in [0, 0.05) is 0 Å². The van der Waals surface area contributed by atoms with Gasteiger partial charge < -0.3 is 25.4 Å². The van der Waals surface area contributed by atoms with Crippen molar-refractivity contribution in [3.8, 4) is 0 Å². The number of carboxylic acid groups (broad SMARTS) is 1. The fourth-order valence-corrected chi connectivity index (χ4v) is 2.86. The number of rotatable bonds is 9. The predicted molar refractivity (Wildman–Crippen MR) is 112 cm³/mol. The number of carbonyl (C=O) groups excluding carboxylic acids is 1. The van der Waals surface area contributed by atoms with E-state index in [9.17, 15) is 22.6 Å². The Labute approximate surface area is 182 Å². The topological polar surface area (TPSA) is 160 Å². The van der Waals surface area contributed by atoms with E-state index in [1.807, 2.05) is 37.3 Å². The number of hydrogen-bond acceptors (Lipinski definition) is 6. The summed E-state index contributed by atoms with van der Waals surface area (Å²) in [5.41, 5.74) is 5.47. The Morgan fingerprint density at radius 2 is 1.71 bits per heavy atom. The first-order chi connectivity index (χ1) is 14.6. The molecular weight excluding hydrogens is 424 g/mol. The van der Waals surface area contributed by atoms with Crippen molar-refractivity contribution < 1.29 is 38.1 Å². The number of carboxylic acids is 1. The van der Waals surface area contributed by atoms with Gasteiger partial charge in [-0.15, -0.1) is 0 Å². The molecule has 5 N–H and O–H groups in total. The molecule has 31 heavy (non-hydrogen) atoms. The minimum absolute atomic E-state index is 0.123. The normalized spacial score (nSPS) is 11.6. The molecular formula is C21H28N2O7S. The van der Waals surface area contributed by atoms with E-state index in [0.29, 0.717) is 12.8 Å². The monoisotopic (exact) mass is 452 g/mol. The molecule has 0 radical (unpaired) electrons. The van der Waals surface area contributed by atoms with Crippen molar-refractivity contribution in [2.75, 3.05) is 6.54 Å². The first-order valence-corrected chi connectivity index (χ1v) is 11.1. The van der Waals surface area contributed by atoms with E-state index in [4.69, 9.17) is 9.84 Å². The van der Waals surface area contributed by atoms with Crippen LogP contribution in [0.2, 0.25) is 0 Å². The highest BCUT2D eigenvalue weighted by Crippen LogP contribution is 2.08. The Bertz CT molecular complexity index is 917. The van der Waals surface area contributed by atoms with Gasteiger partial charge in [-0.05, 0) is 43.9 Å². The van der Waals surface area contributed by atoms with Gasteiger partial charge in [-0.3, -0.25) is 0 Å². The van der Waals surface area contributed by atoms with Crippen molar-refractivity contribution in [1.82, 2.24) is 5.32 Å². The molecule has 0 heterocycles. The van der Waals surface area contributed by atoms with Crippen LogP contribution >= 0.6 is 0 Å². The first-order valence-electron chi connectivity index (χ1n) is 9.65. The minimum atomic E-state index is -4.27. The molecule has 1 atom stereocenters. The number of alkyl carbamates (subject to hydrolysis) is 1. The summed E-state index contributed by atoms with van der Waals surface area (Å²) < 4.78 is 36.2. The molecule has 10 heteroatoms. The largest absolute Gasteiger partial charge is 0.744 e. The van der Waals surface area contributed by atoms with Crippen LogP contribution in [0, 0.1) is 6.92 Å². The summed E-state index contributed by atoms with van der Waals surface area (Å²) in [4.78, 5) is 22.4. The van der Waals surface area contributed by atoms with Gasteiger partial charge in [-0.25, -0.2) is 18.0 Å². The quantitative estimate of drug-likeness (QED) is 0.385. The van der Waals surface area contributed by atoms with E-state index >= 15 is 0 Å². The number of carbonyl (C=O) groups is 2. The molecule has 2 aromatic rings. The molecule has 170 valence electrons. The highest BCUT2D eigenvalue weighted by Gasteiger charge is 2.20. The fourth-order valence-electron chi connectivity index (χ4n) is 2.39. The molecule has 0 unspecified atom stereocenters. The zero-order chi connectivity index (χ0) is 23.3. The van der Waals surface area contributed by atoms with Gasteiger partial charge in [0.2, 0.25) is 0 Å². The third-order valence-electron chi connectivity index (χ3n) is 4.11. The summed E-state index contributed by atoms with van der Waals surface area (Å²) in [6.07, 6.45) is 1.21. The summed E-state index contributed by atoms with van der Waals surface area (Å²) in [5.74, 6) is -1.05. The van der Waals surface area contributed by atoms with Gasteiger partial charge in [0.05, 0.1) is 11.4 Å². The Morgan fingerprint density at radius 1 is 1.10 bits per heavy atom. The number of quaternary nitrogens is 1. The van der Waals surface area contributed by atoms with Crippen molar-refractivity contribution in [2.45, 2.75) is 43.7 Å². The third-order valence-corrected chi connectivity index (χ3v) is 4.95. The van der Waals surface area contributed by atoms with Crippen LogP contribution < -0.4 is 11.1 Å². The molecule has 0 aliphatic carbocycles.